The number of hydrogen-bond donors (Lipinski definition) is 1. The van der Waals surface area contributed by atoms with Gasteiger partial charge in [0.2, 0.25) is 0 Å². The molecule has 3 heteroatoms. The molecule has 0 bridgehead atoms. The highest BCUT2D eigenvalue weighted by atomic mass is 19.1. The first-order valence-corrected chi connectivity index (χ1v) is 6.53. The van der Waals surface area contributed by atoms with E-state index in [2.05, 4.69) is 11.4 Å². The zero-order chi connectivity index (χ0) is 13.0. The molecule has 0 aliphatic heterocycles. The fraction of sp³-hybridized carbons (Fsp3) is 0.467. The van der Waals surface area contributed by atoms with Crippen molar-refractivity contribution in [1.82, 2.24) is 5.32 Å². The molecule has 1 aromatic carbocycles. The molecule has 98 valence electrons. The van der Waals surface area contributed by atoms with E-state index < -0.39 is 11.6 Å². The summed E-state index contributed by atoms with van der Waals surface area (Å²) in [5, 5.41) is 3.28. The minimum Gasteiger partial charge on any atom is -0.310 e. The Morgan fingerprint density at radius 3 is 2.83 bits per heavy atom. The Labute approximate surface area is 107 Å². The smallest absolute Gasteiger partial charge is 0.130 e. The monoisotopic (exact) mass is 251 g/mol. The molecule has 1 nitrogen and oxygen atoms in total. The summed E-state index contributed by atoms with van der Waals surface area (Å²) in [4.78, 5) is 0. The number of hydrogen-bond acceptors (Lipinski definition) is 1. The summed E-state index contributed by atoms with van der Waals surface area (Å²) in [7, 11) is 0. The van der Waals surface area contributed by atoms with Gasteiger partial charge in [-0.3, -0.25) is 0 Å². The van der Waals surface area contributed by atoms with E-state index in [1.807, 2.05) is 6.92 Å². The fourth-order valence-electron chi connectivity index (χ4n) is 2.38. The lowest BCUT2D eigenvalue weighted by Gasteiger charge is -2.15. The van der Waals surface area contributed by atoms with E-state index in [0.29, 0.717) is 5.56 Å². The Balaban J connectivity index is 1.85. The third kappa shape index (κ3) is 3.39. The van der Waals surface area contributed by atoms with Crippen molar-refractivity contribution in [3.63, 3.8) is 0 Å². The molecule has 1 unspecified atom stereocenters. The maximum absolute atomic E-state index is 13.5. The van der Waals surface area contributed by atoms with E-state index in [1.165, 1.54) is 37.0 Å². The average molecular weight is 251 g/mol. The highest BCUT2D eigenvalue weighted by Gasteiger charge is 2.11. The minimum absolute atomic E-state index is 0.0902. The van der Waals surface area contributed by atoms with E-state index in [0.717, 1.165) is 19.0 Å². The summed E-state index contributed by atoms with van der Waals surface area (Å²) in [5.74, 6) is -1.00. The standard InChI is InChI=1S/C15H19F2N/c1-11(14-7-6-13(16)10-15(14)17)18-9-8-12-4-2-3-5-12/h4,6-7,10-11,18H,2-3,5,8-9H2,1H3. The van der Waals surface area contributed by atoms with Crippen molar-refractivity contribution in [3.8, 4) is 0 Å². The van der Waals surface area contributed by atoms with Gasteiger partial charge in [-0.2, -0.15) is 0 Å². The highest BCUT2D eigenvalue weighted by Crippen LogP contribution is 2.21. The summed E-state index contributed by atoms with van der Waals surface area (Å²) in [6.45, 7) is 2.74. The van der Waals surface area contributed by atoms with Crippen LogP contribution in [0.2, 0.25) is 0 Å². The predicted molar refractivity (Wildman–Crippen MR) is 69.3 cm³/mol. The molecule has 0 heterocycles. The molecule has 0 saturated carbocycles. The molecule has 2 rings (SSSR count). The van der Waals surface area contributed by atoms with Crippen molar-refractivity contribution in [2.45, 2.75) is 38.6 Å². The van der Waals surface area contributed by atoms with Gasteiger partial charge < -0.3 is 5.32 Å². The largest absolute Gasteiger partial charge is 0.310 e. The number of nitrogens with one attached hydrogen (secondary N) is 1. The lowest BCUT2D eigenvalue weighted by Crippen LogP contribution is -2.21. The zero-order valence-electron chi connectivity index (χ0n) is 10.7. The summed E-state index contributed by atoms with van der Waals surface area (Å²) in [6.07, 6.45) is 6.97. The molecule has 1 N–H and O–H groups in total. The third-order valence-corrected chi connectivity index (χ3v) is 3.46. The second kappa shape index (κ2) is 6.10. The van der Waals surface area contributed by atoms with Crippen LogP contribution in [0.3, 0.4) is 0 Å². The summed E-state index contributed by atoms with van der Waals surface area (Å²) < 4.78 is 26.3. The molecule has 1 atom stereocenters. The van der Waals surface area contributed by atoms with Crippen LogP contribution in [0.1, 0.15) is 44.2 Å². The first kappa shape index (κ1) is 13.2. The molecule has 18 heavy (non-hydrogen) atoms. The molecule has 0 fully saturated rings. The molecule has 0 spiro atoms. The average Bonchev–Trinajstić information content (AvgIpc) is 2.81. The minimum atomic E-state index is -0.528. The molecule has 1 aliphatic rings. The summed E-state index contributed by atoms with van der Waals surface area (Å²) in [6, 6.07) is 3.66. The van der Waals surface area contributed by atoms with Gasteiger partial charge in [0.25, 0.3) is 0 Å². The zero-order valence-corrected chi connectivity index (χ0v) is 10.7. The normalized spacial score (nSPS) is 16.7. The van der Waals surface area contributed by atoms with E-state index in [9.17, 15) is 8.78 Å². The first-order valence-electron chi connectivity index (χ1n) is 6.53. The number of halogens is 2. The van der Waals surface area contributed by atoms with Gasteiger partial charge in [0, 0.05) is 17.7 Å². The molecule has 0 radical (unpaired) electrons. The fourth-order valence-corrected chi connectivity index (χ4v) is 2.38. The van der Waals surface area contributed by atoms with E-state index in [1.54, 1.807) is 0 Å². The van der Waals surface area contributed by atoms with Gasteiger partial charge >= 0.3 is 0 Å². The van der Waals surface area contributed by atoms with Crippen molar-refractivity contribution >= 4 is 0 Å². The first-order chi connectivity index (χ1) is 8.66. The maximum atomic E-state index is 13.5. The van der Waals surface area contributed by atoms with Crippen molar-refractivity contribution in [2.75, 3.05) is 6.54 Å². The second-order valence-electron chi connectivity index (χ2n) is 4.85. The van der Waals surface area contributed by atoms with Gasteiger partial charge in [-0.1, -0.05) is 17.7 Å². The molecule has 0 amide bonds. The second-order valence-corrected chi connectivity index (χ2v) is 4.85. The molecular formula is C15H19F2N. The Kier molecular flexibility index (Phi) is 4.48. The molecule has 1 aromatic rings. The van der Waals surface area contributed by atoms with Gasteiger partial charge in [-0.25, -0.2) is 8.78 Å². The van der Waals surface area contributed by atoms with Crippen LogP contribution in [0.25, 0.3) is 0 Å². The number of benzene rings is 1. The van der Waals surface area contributed by atoms with Crippen LogP contribution in [-0.2, 0) is 0 Å². The Morgan fingerprint density at radius 2 is 2.17 bits per heavy atom. The van der Waals surface area contributed by atoms with Crippen molar-refractivity contribution in [3.05, 3.63) is 47.0 Å². The topological polar surface area (TPSA) is 12.0 Å². The van der Waals surface area contributed by atoms with E-state index in [4.69, 9.17) is 0 Å². The molecule has 0 aromatic heterocycles. The van der Waals surface area contributed by atoms with Gasteiger partial charge in [-0.05, 0) is 45.2 Å². The van der Waals surface area contributed by atoms with Crippen LogP contribution in [0, 0.1) is 11.6 Å². The van der Waals surface area contributed by atoms with Gasteiger partial charge in [-0.15, -0.1) is 0 Å². The lowest BCUT2D eigenvalue weighted by molar-refractivity contribution is 0.518. The number of rotatable bonds is 5. The highest BCUT2D eigenvalue weighted by molar-refractivity contribution is 5.21. The van der Waals surface area contributed by atoms with Crippen LogP contribution in [0.4, 0.5) is 8.78 Å². The molecule has 0 saturated heterocycles. The van der Waals surface area contributed by atoms with Crippen LogP contribution < -0.4 is 5.32 Å². The quantitative estimate of drug-likeness (QED) is 0.776. The van der Waals surface area contributed by atoms with Crippen molar-refractivity contribution in [2.24, 2.45) is 0 Å². The summed E-state index contributed by atoms with van der Waals surface area (Å²) in [5.41, 5.74) is 2.02. The Morgan fingerprint density at radius 1 is 1.33 bits per heavy atom. The lowest BCUT2D eigenvalue weighted by atomic mass is 10.1. The van der Waals surface area contributed by atoms with Gasteiger partial charge in [0.05, 0.1) is 0 Å². The van der Waals surface area contributed by atoms with Crippen LogP contribution >= 0.6 is 0 Å². The summed E-state index contributed by atoms with van der Waals surface area (Å²) >= 11 is 0. The third-order valence-electron chi connectivity index (χ3n) is 3.46. The maximum Gasteiger partial charge on any atom is 0.130 e. The van der Waals surface area contributed by atoms with Crippen LogP contribution in [-0.4, -0.2) is 6.54 Å². The Bertz CT molecular complexity index is 440. The van der Waals surface area contributed by atoms with E-state index >= 15 is 0 Å². The predicted octanol–water partition coefficient (Wildman–Crippen LogP) is 4.12. The Hall–Kier alpha value is -1.22. The van der Waals surface area contributed by atoms with Crippen LogP contribution in [0.15, 0.2) is 29.8 Å². The SMILES string of the molecule is CC(NCCC1=CCCC1)c1ccc(F)cc1F. The number of allylic oxidation sites excluding steroid dienone is 1. The van der Waals surface area contributed by atoms with Crippen LogP contribution in [0.5, 0.6) is 0 Å². The van der Waals surface area contributed by atoms with E-state index in [-0.39, 0.29) is 6.04 Å². The van der Waals surface area contributed by atoms with Crippen molar-refractivity contribution in [1.29, 1.82) is 0 Å². The molecule has 1 aliphatic carbocycles. The van der Waals surface area contributed by atoms with Gasteiger partial charge in [0.15, 0.2) is 0 Å². The molecular weight excluding hydrogens is 232 g/mol. The van der Waals surface area contributed by atoms with Gasteiger partial charge in [0.1, 0.15) is 11.6 Å². The van der Waals surface area contributed by atoms with Crippen molar-refractivity contribution < 1.29 is 8.78 Å².